The van der Waals surface area contributed by atoms with Crippen molar-refractivity contribution in [2.75, 3.05) is 0 Å². The predicted molar refractivity (Wildman–Crippen MR) is 220 cm³/mol. The summed E-state index contributed by atoms with van der Waals surface area (Å²) in [5.41, 5.74) is 11.7. The summed E-state index contributed by atoms with van der Waals surface area (Å²) in [6.45, 7) is 18.2. The second kappa shape index (κ2) is 13.5. The molecule has 0 saturated carbocycles. The molecular formula is C48H50N4O. The van der Waals surface area contributed by atoms with Crippen LogP contribution in [0.1, 0.15) is 83.2 Å². The molecule has 1 unspecified atom stereocenters. The van der Waals surface area contributed by atoms with E-state index in [9.17, 15) is 0 Å². The highest BCUT2D eigenvalue weighted by Gasteiger charge is 2.33. The molecule has 0 radical (unpaired) electrons. The molecule has 268 valence electrons. The topological polar surface area (TPSA) is 44.9 Å². The van der Waals surface area contributed by atoms with Gasteiger partial charge in [-0.05, 0) is 97.5 Å². The fourth-order valence-electron chi connectivity index (χ4n) is 8.67. The van der Waals surface area contributed by atoms with Gasteiger partial charge >= 0.3 is 0 Å². The predicted octanol–water partition coefficient (Wildman–Crippen LogP) is 12.7. The van der Waals surface area contributed by atoms with Crippen LogP contribution in [0.25, 0.3) is 44.6 Å². The highest BCUT2D eigenvalue weighted by molar-refractivity contribution is 6.09. The number of nitrogens with zero attached hydrogens (tertiary/aromatic N) is 4. The molecule has 1 aliphatic carbocycles. The minimum atomic E-state index is -0.119. The molecule has 3 aromatic heterocycles. The van der Waals surface area contributed by atoms with Crippen molar-refractivity contribution in [2.45, 2.75) is 79.6 Å². The van der Waals surface area contributed by atoms with Crippen LogP contribution < -0.4 is 4.74 Å². The van der Waals surface area contributed by atoms with E-state index in [0.717, 1.165) is 51.8 Å². The molecule has 3 atom stereocenters. The molecule has 1 aliphatic rings. The van der Waals surface area contributed by atoms with E-state index < -0.39 is 0 Å². The lowest BCUT2D eigenvalue weighted by atomic mass is 9.72. The normalized spacial score (nSPS) is 17.7. The van der Waals surface area contributed by atoms with Crippen LogP contribution in [-0.2, 0) is 11.8 Å². The first-order valence-electron chi connectivity index (χ1n) is 19.2. The average Bonchev–Trinajstić information content (AvgIpc) is 3.65. The summed E-state index contributed by atoms with van der Waals surface area (Å²) >= 11 is 0. The number of aromatic nitrogens is 4. The Balaban J connectivity index is 1.29. The summed E-state index contributed by atoms with van der Waals surface area (Å²) in [5, 5.41) is 7.70. The average molecular weight is 699 g/mol. The van der Waals surface area contributed by atoms with Crippen LogP contribution >= 0.6 is 0 Å². The lowest BCUT2D eigenvalue weighted by Gasteiger charge is -2.32. The van der Waals surface area contributed by atoms with Gasteiger partial charge in [0.25, 0.3) is 0 Å². The minimum absolute atomic E-state index is 0.119. The van der Waals surface area contributed by atoms with E-state index in [1.165, 1.54) is 45.0 Å². The molecule has 0 aliphatic heterocycles. The number of benzene rings is 4. The smallest absolute Gasteiger partial charge is 0.137 e. The Morgan fingerprint density at radius 3 is 2.30 bits per heavy atom. The highest BCUT2D eigenvalue weighted by atomic mass is 16.5. The Hall–Kier alpha value is -5.42. The summed E-state index contributed by atoms with van der Waals surface area (Å²) in [4.78, 5) is 4.83. The van der Waals surface area contributed by atoms with E-state index in [2.05, 4.69) is 174 Å². The number of fused-ring (bicyclic) bond motifs is 3. The van der Waals surface area contributed by atoms with Crippen LogP contribution in [0.15, 0.2) is 121 Å². The van der Waals surface area contributed by atoms with Gasteiger partial charge < -0.3 is 4.74 Å². The third-order valence-electron chi connectivity index (χ3n) is 11.1. The van der Waals surface area contributed by atoms with Crippen LogP contribution in [0, 0.1) is 18.8 Å². The number of ether oxygens (including phenoxy) is 1. The van der Waals surface area contributed by atoms with Crippen LogP contribution in [0.2, 0.25) is 0 Å². The van der Waals surface area contributed by atoms with Gasteiger partial charge in [-0.15, -0.1) is 0 Å². The van der Waals surface area contributed by atoms with E-state index in [4.69, 9.17) is 14.8 Å². The van der Waals surface area contributed by atoms with Crippen molar-refractivity contribution in [1.82, 2.24) is 19.3 Å². The van der Waals surface area contributed by atoms with Gasteiger partial charge in [-0.2, -0.15) is 5.10 Å². The van der Waals surface area contributed by atoms with Gasteiger partial charge in [0.1, 0.15) is 17.3 Å². The number of aryl methyl sites for hydroxylation is 2. The van der Waals surface area contributed by atoms with E-state index in [0.29, 0.717) is 17.8 Å². The molecule has 0 bridgehead atoms. The molecule has 7 aromatic rings. The lowest BCUT2D eigenvalue weighted by molar-refractivity contribution is 0.391. The molecule has 5 heteroatoms. The Bertz CT molecular complexity index is 2490. The monoisotopic (exact) mass is 698 g/mol. The van der Waals surface area contributed by atoms with E-state index in [-0.39, 0.29) is 5.41 Å². The summed E-state index contributed by atoms with van der Waals surface area (Å²) in [6.07, 6.45) is 6.50. The van der Waals surface area contributed by atoms with Crippen molar-refractivity contribution in [2.24, 2.45) is 11.8 Å². The van der Waals surface area contributed by atoms with Gasteiger partial charge in [0, 0.05) is 46.1 Å². The zero-order chi connectivity index (χ0) is 37.0. The largest absolute Gasteiger partial charge is 0.457 e. The molecule has 0 fully saturated rings. The van der Waals surface area contributed by atoms with Crippen LogP contribution in [0.4, 0.5) is 0 Å². The highest BCUT2D eigenvalue weighted by Crippen LogP contribution is 2.46. The fraction of sp³-hybridized carbons (Fsp3) is 0.292. The van der Waals surface area contributed by atoms with Crippen molar-refractivity contribution in [3.8, 4) is 34.3 Å². The van der Waals surface area contributed by atoms with Crippen LogP contribution in [-0.4, -0.2) is 19.3 Å². The van der Waals surface area contributed by atoms with Crippen molar-refractivity contribution >= 4 is 21.8 Å². The maximum atomic E-state index is 6.88. The minimum Gasteiger partial charge on any atom is -0.457 e. The number of rotatable bonds is 7. The van der Waals surface area contributed by atoms with Gasteiger partial charge in [0.05, 0.1) is 28.1 Å². The summed E-state index contributed by atoms with van der Waals surface area (Å²) < 4.78 is 11.3. The van der Waals surface area contributed by atoms with Crippen molar-refractivity contribution in [3.05, 3.63) is 143 Å². The van der Waals surface area contributed by atoms with Gasteiger partial charge in [-0.1, -0.05) is 102 Å². The third-order valence-corrected chi connectivity index (χ3v) is 11.1. The zero-order valence-electron chi connectivity index (χ0n) is 32.3. The second-order valence-electron chi connectivity index (χ2n) is 16.2. The number of hydrogen-bond acceptors (Lipinski definition) is 3. The number of para-hydroxylation sites is 1. The molecule has 0 saturated heterocycles. The SMILES string of the molecule is CCc1ccnc(-n2c3ccccc3c3ccc(Oc4cc(-n5nc(C)c([C@H]6C(C)=C[C@H](C)CC6C)c5-c5ccccc5)cc(C(C)(C)C)c4)cc32)c1. The molecule has 0 amide bonds. The number of hydrogen-bond donors (Lipinski definition) is 0. The zero-order valence-corrected chi connectivity index (χ0v) is 32.3. The summed E-state index contributed by atoms with van der Waals surface area (Å²) in [6, 6.07) is 36.7. The van der Waals surface area contributed by atoms with Crippen molar-refractivity contribution in [1.29, 1.82) is 0 Å². The van der Waals surface area contributed by atoms with E-state index in [1.807, 2.05) is 6.20 Å². The molecule has 8 rings (SSSR count). The Morgan fingerprint density at radius 1 is 0.792 bits per heavy atom. The van der Waals surface area contributed by atoms with Crippen molar-refractivity contribution < 1.29 is 4.74 Å². The third kappa shape index (κ3) is 6.37. The van der Waals surface area contributed by atoms with Crippen LogP contribution in [0.5, 0.6) is 11.5 Å². The maximum Gasteiger partial charge on any atom is 0.137 e. The molecule has 0 spiro atoms. The molecular weight excluding hydrogens is 649 g/mol. The second-order valence-corrected chi connectivity index (χ2v) is 16.2. The fourth-order valence-corrected chi connectivity index (χ4v) is 8.67. The lowest BCUT2D eigenvalue weighted by Crippen LogP contribution is -2.20. The number of allylic oxidation sites excluding steroid dienone is 2. The first-order valence-corrected chi connectivity index (χ1v) is 19.2. The summed E-state index contributed by atoms with van der Waals surface area (Å²) in [5.74, 6) is 3.87. The van der Waals surface area contributed by atoms with Gasteiger partial charge in [0.15, 0.2) is 0 Å². The van der Waals surface area contributed by atoms with Crippen molar-refractivity contribution in [3.63, 3.8) is 0 Å². The molecule has 5 nitrogen and oxygen atoms in total. The molecule has 3 heterocycles. The Labute approximate surface area is 314 Å². The Morgan fingerprint density at radius 2 is 1.55 bits per heavy atom. The molecule has 53 heavy (non-hydrogen) atoms. The first kappa shape index (κ1) is 34.7. The molecule has 0 N–H and O–H groups in total. The van der Waals surface area contributed by atoms with E-state index >= 15 is 0 Å². The Kier molecular flexibility index (Phi) is 8.84. The maximum absolute atomic E-state index is 6.88. The quantitative estimate of drug-likeness (QED) is 0.156. The van der Waals surface area contributed by atoms with Gasteiger partial charge in [-0.3, -0.25) is 4.57 Å². The van der Waals surface area contributed by atoms with E-state index in [1.54, 1.807) is 0 Å². The van der Waals surface area contributed by atoms with Gasteiger partial charge in [-0.25, -0.2) is 9.67 Å². The number of pyridine rings is 1. The van der Waals surface area contributed by atoms with Crippen LogP contribution in [0.3, 0.4) is 0 Å². The van der Waals surface area contributed by atoms with Gasteiger partial charge in [0.2, 0.25) is 0 Å². The molecule has 4 aromatic carbocycles. The summed E-state index contributed by atoms with van der Waals surface area (Å²) in [7, 11) is 0. The first-order chi connectivity index (χ1) is 25.5. The standard InChI is InChI=1S/C48H50N4O/c1-9-34-21-22-49-44(25-34)51-42-18-14-13-17-40(42)41-20-19-38(29-43(41)51)53-39-27-36(48(6,7)8)26-37(28-39)52-47(35-15-11-10-12-16-35)46(33(5)50-52)45-31(3)23-30(2)24-32(45)4/h10-23,25-30,32,45H,9,24H2,1-8H3/t30-,32?,45-/m0/s1.